The monoisotopic (exact) mass is 477 g/mol. The third kappa shape index (κ3) is 5.29. The van der Waals surface area contributed by atoms with Gasteiger partial charge in [0.25, 0.3) is 5.91 Å². The summed E-state index contributed by atoms with van der Waals surface area (Å²) in [5.74, 6) is -0.164. The van der Waals surface area contributed by atoms with E-state index in [1.54, 1.807) is 18.6 Å². The molecule has 2 aromatic heterocycles. The van der Waals surface area contributed by atoms with E-state index in [0.717, 1.165) is 44.5 Å². The van der Waals surface area contributed by atoms with Crippen LogP contribution in [-0.4, -0.2) is 15.9 Å². The summed E-state index contributed by atoms with van der Waals surface area (Å²) in [6.07, 6.45) is 5.25. The van der Waals surface area contributed by atoms with Crippen molar-refractivity contribution in [3.05, 3.63) is 109 Å². The summed E-state index contributed by atoms with van der Waals surface area (Å²) in [7, 11) is 2.72. The minimum Gasteiger partial charge on any atom is -0.355 e. The van der Waals surface area contributed by atoms with Crippen LogP contribution in [0.25, 0.3) is 10.9 Å². The number of pyridine rings is 2. The van der Waals surface area contributed by atoms with Crippen LogP contribution in [0.1, 0.15) is 15.9 Å². The molecule has 0 fully saturated rings. The Morgan fingerprint density at radius 1 is 0.771 bits per heavy atom. The highest BCUT2D eigenvalue weighted by molar-refractivity contribution is 7.27. The summed E-state index contributed by atoms with van der Waals surface area (Å²) in [5, 5.41) is 11.9. The van der Waals surface area contributed by atoms with Crippen molar-refractivity contribution < 1.29 is 4.79 Å². The predicted octanol–water partition coefficient (Wildman–Crippen LogP) is 6.18. The van der Waals surface area contributed by atoms with Crippen LogP contribution in [0.2, 0.25) is 0 Å². The number of aromatic nitrogens is 2. The highest BCUT2D eigenvalue weighted by atomic mass is 31.0. The lowest BCUT2D eigenvalue weighted by atomic mass is 10.1. The number of benzene rings is 3. The Balaban J connectivity index is 1.31. The number of amides is 1. The number of fused-ring (bicyclic) bond motifs is 1. The minimum atomic E-state index is -0.164. The topological polar surface area (TPSA) is 78.9 Å². The van der Waals surface area contributed by atoms with E-state index in [9.17, 15) is 4.79 Å². The first kappa shape index (κ1) is 22.5. The van der Waals surface area contributed by atoms with Gasteiger partial charge in [-0.05, 0) is 84.5 Å². The van der Waals surface area contributed by atoms with Crippen LogP contribution in [0.15, 0.2) is 97.5 Å². The molecule has 3 N–H and O–H groups in total. The molecule has 1 atom stereocenters. The lowest BCUT2D eigenvalue weighted by Gasteiger charge is -2.14. The van der Waals surface area contributed by atoms with Crippen molar-refractivity contribution in [1.29, 1.82) is 0 Å². The zero-order chi connectivity index (χ0) is 24.2. The van der Waals surface area contributed by atoms with Crippen molar-refractivity contribution in [3.63, 3.8) is 0 Å². The second kappa shape index (κ2) is 9.92. The first-order valence-corrected chi connectivity index (χ1v) is 11.7. The first-order chi connectivity index (χ1) is 17.0. The van der Waals surface area contributed by atoms with E-state index in [1.807, 2.05) is 79.7 Å². The predicted molar refractivity (Wildman–Crippen MR) is 147 cm³/mol. The van der Waals surface area contributed by atoms with Crippen molar-refractivity contribution >= 4 is 59.8 Å². The Morgan fingerprint density at radius 3 is 2.43 bits per heavy atom. The van der Waals surface area contributed by atoms with Crippen molar-refractivity contribution in [2.75, 3.05) is 16.0 Å². The molecule has 1 amide bonds. The normalized spacial score (nSPS) is 10.7. The van der Waals surface area contributed by atoms with Gasteiger partial charge in [-0.3, -0.25) is 14.8 Å². The van der Waals surface area contributed by atoms with Crippen LogP contribution >= 0.6 is 9.24 Å². The smallest absolute Gasteiger partial charge is 0.255 e. The van der Waals surface area contributed by atoms with E-state index in [-0.39, 0.29) is 5.91 Å². The average molecular weight is 478 g/mol. The number of nitrogens with one attached hydrogen (secondary N) is 3. The van der Waals surface area contributed by atoms with Gasteiger partial charge in [0.2, 0.25) is 0 Å². The molecule has 0 aliphatic carbocycles. The number of anilines is 5. The molecule has 0 aliphatic rings. The summed E-state index contributed by atoms with van der Waals surface area (Å²) < 4.78 is 0. The van der Waals surface area contributed by atoms with Crippen LogP contribution in [0.3, 0.4) is 0 Å². The quantitative estimate of drug-likeness (QED) is 0.255. The number of rotatable bonds is 6. The van der Waals surface area contributed by atoms with Crippen LogP contribution in [0.4, 0.5) is 28.4 Å². The molecule has 172 valence electrons. The zero-order valence-electron chi connectivity index (χ0n) is 19.1. The van der Waals surface area contributed by atoms with E-state index in [1.165, 1.54) is 0 Å². The van der Waals surface area contributed by atoms with Crippen molar-refractivity contribution in [1.82, 2.24) is 9.97 Å². The Labute approximate surface area is 206 Å². The molecule has 0 saturated heterocycles. The Kier molecular flexibility index (Phi) is 6.38. The van der Waals surface area contributed by atoms with Gasteiger partial charge in [0.05, 0.1) is 5.52 Å². The molecular formula is C28H24N5OP. The Morgan fingerprint density at radius 2 is 1.60 bits per heavy atom. The molecule has 5 aromatic rings. The van der Waals surface area contributed by atoms with Gasteiger partial charge in [-0.25, -0.2) is 0 Å². The van der Waals surface area contributed by atoms with Crippen LogP contribution in [0, 0.1) is 6.92 Å². The number of nitrogens with zero attached hydrogens (tertiary/aromatic N) is 2. The summed E-state index contributed by atoms with van der Waals surface area (Å²) in [6, 6.07) is 25.1. The van der Waals surface area contributed by atoms with Gasteiger partial charge in [0.15, 0.2) is 0 Å². The van der Waals surface area contributed by atoms with Gasteiger partial charge in [0.1, 0.15) is 0 Å². The van der Waals surface area contributed by atoms with Gasteiger partial charge >= 0.3 is 0 Å². The lowest BCUT2D eigenvalue weighted by Crippen LogP contribution is -2.12. The summed E-state index contributed by atoms with van der Waals surface area (Å²) >= 11 is 0. The number of hydrogen-bond acceptors (Lipinski definition) is 5. The standard InChI is InChI=1S/C28H24N5OP/c1-18-15-19(5-7-25(18)33-27-11-14-30-26-8-6-23(35)17-24(26)27)28(34)32-22-4-2-3-21(16-22)31-20-9-12-29-13-10-20/h2-17H,35H2,1H3,(H,29,31)(H,30,33)(H,32,34). The molecule has 3 aromatic carbocycles. The number of carbonyl (C=O) groups excluding carboxylic acids is 1. The maximum Gasteiger partial charge on any atom is 0.255 e. The lowest BCUT2D eigenvalue weighted by molar-refractivity contribution is 0.102. The van der Waals surface area contributed by atoms with Crippen LogP contribution in [-0.2, 0) is 0 Å². The van der Waals surface area contributed by atoms with Gasteiger partial charge in [-0.1, -0.05) is 12.1 Å². The molecule has 0 aliphatic heterocycles. The summed E-state index contributed by atoms with van der Waals surface area (Å²) in [5.41, 5.74) is 6.91. The fraction of sp³-hybridized carbons (Fsp3) is 0.0357. The van der Waals surface area contributed by atoms with Gasteiger partial charge in [0, 0.05) is 58.0 Å². The van der Waals surface area contributed by atoms with E-state index in [4.69, 9.17) is 0 Å². The molecule has 0 saturated carbocycles. The van der Waals surface area contributed by atoms with Gasteiger partial charge in [-0.15, -0.1) is 9.24 Å². The fourth-order valence-electron chi connectivity index (χ4n) is 3.84. The highest BCUT2D eigenvalue weighted by Crippen LogP contribution is 2.27. The Hall–Kier alpha value is -4.28. The van der Waals surface area contributed by atoms with E-state index in [0.29, 0.717) is 11.3 Å². The van der Waals surface area contributed by atoms with Crippen LogP contribution in [0.5, 0.6) is 0 Å². The number of carbonyl (C=O) groups is 1. The van der Waals surface area contributed by atoms with Gasteiger partial charge in [-0.2, -0.15) is 0 Å². The summed E-state index contributed by atoms with van der Waals surface area (Å²) in [6.45, 7) is 1.99. The molecule has 2 heterocycles. The number of hydrogen-bond donors (Lipinski definition) is 3. The zero-order valence-corrected chi connectivity index (χ0v) is 20.3. The maximum atomic E-state index is 12.9. The summed E-state index contributed by atoms with van der Waals surface area (Å²) in [4.78, 5) is 21.4. The third-order valence-electron chi connectivity index (χ3n) is 5.61. The number of aryl methyl sites for hydroxylation is 1. The van der Waals surface area contributed by atoms with E-state index in [2.05, 4.69) is 41.2 Å². The van der Waals surface area contributed by atoms with E-state index >= 15 is 0 Å². The average Bonchev–Trinajstić information content (AvgIpc) is 2.86. The molecule has 7 heteroatoms. The van der Waals surface area contributed by atoms with Gasteiger partial charge < -0.3 is 16.0 Å². The Bertz CT molecular complexity index is 1520. The molecule has 35 heavy (non-hydrogen) atoms. The maximum absolute atomic E-state index is 12.9. The second-order valence-electron chi connectivity index (χ2n) is 8.19. The fourth-order valence-corrected chi connectivity index (χ4v) is 4.11. The SMILES string of the molecule is Cc1cc(C(=O)Nc2cccc(Nc3ccncc3)c2)ccc1Nc1ccnc2ccc(P)cc12. The largest absolute Gasteiger partial charge is 0.355 e. The first-order valence-electron chi connectivity index (χ1n) is 11.2. The minimum absolute atomic E-state index is 0.164. The molecule has 0 bridgehead atoms. The van der Waals surface area contributed by atoms with Crippen LogP contribution < -0.4 is 21.3 Å². The molecule has 0 radical (unpaired) electrons. The molecular weight excluding hydrogens is 453 g/mol. The second-order valence-corrected chi connectivity index (χ2v) is 8.85. The molecule has 1 unspecified atom stereocenters. The molecule has 0 spiro atoms. The van der Waals surface area contributed by atoms with E-state index < -0.39 is 0 Å². The van der Waals surface area contributed by atoms with Crippen molar-refractivity contribution in [3.8, 4) is 0 Å². The highest BCUT2D eigenvalue weighted by Gasteiger charge is 2.10. The van der Waals surface area contributed by atoms with Crippen molar-refractivity contribution in [2.45, 2.75) is 6.92 Å². The third-order valence-corrected chi connectivity index (χ3v) is 5.97. The molecule has 5 rings (SSSR count). The van der Waals surface area contributed by atoms with Crippen molar-refractivity contribution in [2.24, 2.45) is 0 Å². The molecule has 6 nitrogen and oxygen atoms in total.